The Hall–Kier alpha value is -2.34. The minimum Gasteiger partial charge on any atom is -0.309 e. The van der Waals surface area contributed by atoms with Crippen molar-refractivity contribution >= 4 is 11.5 Å². The lowest BCUT2D eigenvalue weighted by atomic mass is 9.88. The van der Waals surface area contributed by atoms with Gasteiger partial charge >= 0.3 is 6.18 Å². The lowest BCUT2D eigenvalue weighted by Crippen LogP contribution is -2.41. The number of nitrogens with zero attached hydrogens (tertiary/aromatic N) is 1. The molecule has 0 radical (unpaired) electrons. The number of rotatable bonds is 5. The summed E-state index contributed by atoms with van der Waals surface area (Å²) in [6, 6.07) is 15.1. The Balaban J connectivity index is 1.67. The fraction of sp³-hybridized carbons (Fsp3) is 0.381. The molecule has 0 atom stereocenters. The van der Waals surface area contributed by atoms with Gasteiger partial charge in [0.05, 0.1) is 11.3 Å². The highest BCUT2D eigenvalue weighted by atomic mass is 19.4. The highest BCUT2D eigenvalue weighted by molar-refractivity contribution is 5.86. The molecule has 27 heavy (non-hydrogen) atoms. The van der Waals surface area contributed by atoms with E-state index in [0.29, 0.717) is 11.5 Å². The van der Waals surface area contributed by atoms with Crippen LogP contribution in [0.15, 0.2) is 59.6 Å². The van der Waals surface area contributed by atoms with Crippen LogP contribution in [0.4, 0.5) is 18.9 Å². The fourth-order valence-electron chi connectivity index (χ4n) is 3.33. The van der Waals surface area contributed by atoms with E-state index < -0.39 is 11.7 Å². The first-order valence-electron chi connectivity index (χ1n) is 9.31. The van der Waals surface area contributed by atoms with E-state index in [1.807, 2.05) is 30.3 Å². The Bertz CT molecular complexity index is 751. The predicted molar refractivity (Wildman–Crippen MR) is 102 cm³/mol. The largest absolute Gasteiger partial charge is 0.416 e. The topological polar surface area (TPSA) is 36.4 Å². The molecular formula is C21H24F3N3. The second kappa shape index (κ2) is 9.04. The van der Waals surface area contributed by atoms with Crippen LogP contribution in [0, 0.1) is 5.92 Å². The fourth-order valence-corrected chi connectivity index (χ4v) is 3.33. The number of nitrogens with one attached hydrogen (secondary N) is 2. The lowest BCUT2D eigenvalue weighted by Gasteiger charge is -2.24. The van der Waals surface area contributed by atoms with Crippen molar-refractivity contribution < 1.29 is 13.2 Å². The Morgan fingerprint density at radius 3 is 2.41 bits per heavy atom. The first-order valence-corrected chi connectivity index (χ1v) is 9.31. The average molecular weight is 375 g/mol. The van der Waals surface area contributed by atoms with Gasteiger partial charge in [-0.1, -0.05) is 55.7 Å². The van der Waals surface area contributed by atoms with E-state index >= 15 is 0 Å². The molecule has 0 aliphatic heterocycles. The predicted octanol–water partition coefficient (Wildman–Crippen LogP) is 5.61. The quantitative estimate of drug-likeness (QED) is 0.405. The maximum atomic E-state index is 12.8. The molecule has 6 heteroatoms. The third kappa shape index (κ3) is 5.82. The van der Waals surface area contributed by atoms with Gasteiger partial charge in [0, 0.05) is 12.5 Å². The molecular weight excluding hydrogens is 351 g/mol. The lowest BCUT2D eigenvalue weighted by molar-refractivity contribution is -0.137. The van der Waals surface area contributed by atoms with Crippen molar-refractivity contribution in [3.05, 3.63) is 65.7 Å². The number of halogens is 3. The van der Waals surface area contributed by atoms with Crippen LogP contribution in [0.2, 0.25) is 0 Å². The number of amidine groups is 1. The summed E-state index contributed by atoms with van der Waals surface area (Å²) >= 11 is 0. The summed E-state index contributed by atoms with van der Waals surface area (Å²) in [5, 5.41) is 0. The molecule has 3 rings (SSSR count). The Morgan fingerprint density at radius 1 is 0.963 bits per heavy atom. The van der Waals surface area contributed by atoms with Crippen molar-refractivity contribution in [2.45, 2.75) is 44.8 Å². The molecule has 1 saturated carbocycles. The Morgan fingerprint density at radius 2 is 1.70 bits per heavy atom. The SMILES string of the molecule is FC(F)(F)c1cccc(CNNC(=Nc2ccccc2)C2CCCCC2)c1. The Kier molecular flexibility index (Phi) is 6.50. The number of aliphatic imine (C=N–C) groups is 1. The molecule has 2 aromatic carbocycles. The van der Waals surface area contributed by atoms with Crippen molar-refractivity contribution in [2.24, 2.45) is 10.9 Å². The number of hydrazine groups is 1. The molecule has 144 valence electrons. The van der Waals surface area contributed by atoms with Gasteiger partial charge in [-0.2, -0.15) is 13.2 Å². The summed E-state index contributed by atoms with van der Waals surface area (Å²) in [6.07, 6.45) is 1.41. The third-order valence-corrected chi connectivity index (χ3v) is 4.76. The molecule has 1 aliphatic carbocycles. The smallest absolute Gasteiger partial charge is 0.309 e. The molecule has 0 heterocycles. The van der Waals surface area contributed by atoms with Gasteiger partial charge in [-0.3, -0.25) is 0 Å². The van der Waals surface area contributed by atoms with Gasteiger partial charge in [-0.15, -0.1) is 0 Å². The van der Waals surface area contributed by atoms with Crippen LogP contribution in [0.3, 0.4) is 0 Å². The summed E-state index contributed by atoms with van der Waals surface area (Å²) in [7, 11) is 0. The highest BCUT2D eigenvalue weighted by Crippen LogP contribution is 2.29. The van der Waals surface area contributed by atoms with Gasteiger partial charge in [0.2, 0.25) is 0 Å². The van der Waals surface area contributed by atoms with Crippen LogP contribution >= 0.6 is 0 Å². The van der Waals surface area contributed by atoms with Gasteiger partial charge in [-0.25, -0.2) is 10.4 Å². The standard InChI is InChI=1S/C21H24F3N3/c22-21(23,24)18-11-7-8-16(14-18)15-25-27-20(17-9-3-1-4-10-17)26-19-12-5-2-6-13-19/h2,5-8,11-14,17,25H,1,3-4,9-10,15H2,(H,26,27). The van der Waals surface area contributed by atoms with E-state index in [2.05, 4.69) is 10.9 Å². The maximum Gasteiger partial charge on any atom is 0.416 e. The van der Waals surface area contributed by atoms with E-state index in [1.54, 1.807) is 6.07 Å². The zero-order valence-electron chi connectivity index (χ0n) is 15.1. The van der Waals surface area contributed by atoms with Crippen molar-refractivity contribution in [3.63, 3.8) is 0 Å². The molecule has 2 aromatic rings. The average Bonchev–Trinajstić information content (AvgIpc) is 2.68. The van der Waals surface area contributed by atoms with Crippen LogP contribution in [0.1, 0.15) is 43.2 Å². The summed E-state index contributed by atoms with van der Waals surface area (Å²) in [5.74, 6) is 1.20. The van der Waals surface area contributed by atoms with E-state index in [4.69, 9.17) is 4.99 Å². The number of para-hydroxylation sites is 1. The summed E-state index contributed by atoms with van der Waals surface area (Å²) in [4.78, 5) is 4.73. The van der Waals surface area contributed by atoms with Crippen LogP contribution < -0.4 is 10.9 Å². The molecule has 0 amide bonds. The van der Waals surface area contributed by atoms with E-state index in [1.165, 1.54) is 31.4 Å². The molecule has 1 aliphatic rings. The molecule has 0 bridgehead atoms. The summed E-state index contributed by atoms with van der Waals surface area (Å²) in [6.45, 7) is 0.282. The zero-order chi connectivity index (χ0) is 19.1. The van der Waals surface area contributed by atoms with Gasteiger partial charge in [0.1, 0.15) is 5.84 Å². The molecule has 1 fully saturated rings. The molecule has 3 nitrogen and oxygen atoms in total. The van der Waals surface area contributed by atoms with Crippen LogP contribution in [-0.2, 0) is 12.7 Å². The maximum absolute atomic E-state index is 12.8. The summed E-state index contributed by atoms with van der Waals surface area (Å²) in [5.41, 5.74) is 7.02. The van der Waals surface area contributed by atoms with Gasteiger partial charge in [0.25, 0.3) is 0 Å². The van der Waals surface area contributed by atoms with Gasteiger partial charge in [-0.05, 0) is 36.6 Å². The number of alkyl halides is 3. The van der Waals surface area contributed by atoms with Crippen molar-refractivity contribution in [2.75, 3.05) is 0 Å². The van der Waals surface area contributed by atoms with E-state index in [-0.39, 0.29) is 6.54 Å². The highest BCUT2D eigenvalue weighted by Gasteiger charge is 2.30. The molecule has 0 saturated heterocycles. The molecule has 0 spiro atoms. The number of hydrogen-bond acceptors (Lipinski definition) is 2. The van der Waals surface area contributed by atoms with Crippen molar-refractivity contribution in [1.82, 2.24) is 10.9 Å². The van der Waals surface area contributed by atoms with Crippen LogP contribution in [-0.4, -0.2) is 5.84 Å². The number of benzene rings is 2. The van der Waals surface area contributed by atoms with E-state index in [9.17, 15) is 13.2 Å². The first kappa shape index (κ1) is 19.4. The normalized spacial score (nSPS) is 16.3. The van der Waals surface area contributed by atoms with Crippen molar-refractivity contribution in [1.29, 1.82) is 0 Å². The second-order valence-corrected chi connectivity index (χ2v) is 6.84. The van der Waals surface area contributed by atoms with Crippen molar-refractivity contribution in [3.8, 4) is 0 Å². The minimum atomic E-state index is -4.33. The molecule has 0 aromatic heterocycles. The first-order chi connectivity index (χ1) is 13.0. The Labute approximate surface area is 157 Å². The van der Waals surface area contributed by atoms with E-state index in [0.717, 1.165) is 30.4 Å². The minimum absolute atomic E-state index is 0.282. The zero-order valence-corrected chi connectivity index (χ0v) is 15.1. The van der Waals surface area contributed by atoms with Gasteiger partial charge < -0.3 is 5.43 Å². The second-order valence-electron chi connectivity index (χ2n) is 6.84. The van der Waals surface area contributed by atoms with Gasteiger partial charge in [0.15, 0.2) is 0 Å². The monoisotopic (exact) mass is 375 g/mol. The van der Waals surface area contributed by atoms with Crippen LogP contribution in [0.5, 0.6) is 0 Å². The third-order valence-electron chi connectivity index (χ3n) is 4.76. The van der Waals surface area contributed by atoms with Crippen LogP contribution in [0.25, 0.3) is 0 Å². The number of hydrogen-bond donors (Lipinski definition) is 2. The summed E-state index contributed by atoms with van der Waals surface area (Å²) < 4.78 is 38.5. The molecule has 2 N–H and O–H groups in total. The molecule has 0 unspecified atom stereocenters.